The van der Waals surface area contributed by atoms with Crippen molar-refractivity contribution in [2.45, 2.75) is 30.0 Å². The van der Waals surface area contributed by atoms with Crippen LogP contribution in [0.25, 0.3) is 0 Å². The number of nitrogens with one attached hydrogen (secondary N) is 1. The summed E-state index contributed by atoms with van der Waals surface area (Å²) >= 11 is 12.1. The molecule has 2 nitrogen and oxygen atoms in total. The van der Waals surface area contributed by atoms with Gasteiger partial charge in [0, 0.05) is 12.5 Å². The Morgan fingerprint density at radius 2 is 2.00 bits per heavy atom. The highest BCUT2D eigenvalue weighted by molar-refractivity contribution is 6.58. The molecule has 0 spiro atoms. The Morgan fingerprint density at radius 1 is 1.31 bits per heavy atom. The molecule has 0 aromatic carbocycles. The third-order valence-corrected chi connectivity index (χ3v) is 4.11. The summed E-state index contributed by atoms with van der Waals surface area (Å²) in [6, 6.07) is 0. The van der Waals surface area contributed by atoms with Gasteiger partial charge < -0.3 is 5.32 Å². The molecule has 1 heterocycles. The molecule has 2 unspecified atom stereocenters. The molecule has 13 heavy (non-hydrogen) atoms. The molecular weight excluding hydrogens is 209 g/mol. The smallest absolute Gasteiger partial charge is 0.256 e. The maximum absolute atomic E-state index is 11.4. The van der Waals surface area contributed by atoms with Crippen molar-refractivity contribution in [2.75, 3.05) is 6.54 Å². The van der Waals surface area contributed by atoms with E-state index in [1.54, 1.807) is 0 Å². The van der Waals surface area contributed by atoms with Crippen LogP contribution in [-0.2, 0) is 4.79 Å². The van der Waals surface area contributed by atoms with Crippen molar-refractivity contribution in [1.82, 2.24) is 5.32 Å². The van der Waals surface area contributed by atoms with Crippen molar-refractivity contribution < 1.29 is 4.79 Å². The number of halogens is 2. The van der Waals surface area contributed by atoms with Crippen LogP contribution in [-0.4, -0.2) is 16.8 Å². The number of rotatable bonds is 0. The lowest BCUT2D eigenvalue weighted by Gasteiger charge is -2.42. The normalized spacial score (nSPS) is 37.8. The van der Waals surface area contributed by atoms with Crippen LogP contribution in [0.5, 0.6) is 0 Å². The maximum Gasteiger partial charge on any atom is 0.256 e. The van der Waals surface area contributed by atoms with E-state index in [4.69, 9.17) is 23.2 Å². The zero-order valence-electron chi connectivity index (χ0n) is 7.35. The van der Waals surface area contributed by atoms with Crippen molar-refractivity contribution in [3.8, 4) is 0 Å². The number of carbonyl (C=O) groups excluding carboxylic acids is 1. The summed E-state index contributed by atoms with van der Waals surface area (Å²) in [5.74, 6) is 0.443. The first-order valence-corrected chi connectivity index (χ1v) is 5.54. The molecule has 2 fully saturated rings. The van der Waals surface area contributed by atoms with Gasteiger partial charge in [0.25, 0.3) is 5.91 Å². The standard InChI is InChI=1S/C9H13Cl2NO/c10-9(11)7-4-2-1-3-6(7)5-12-8(9)13/h6-7H,1-5H2,(H,12,13). The number of hydrogen-bond donors (Lipinski definition) is 1. The number of piperidine rings is 1. The Hall–Kier alpha value is 0.0500. The lowest BCUT2D eigenvalue weighted by Crippen LogP contribution is -2.55. The molecule has 4 heteroatoms. The zero-order valence-corrected chi connectivity index (χ0v) is 8.87. The monoisotopic (exact) mass is 221 g/mol. The minimum absolute atomic E-state index is 0.165. The van der Waals surface area contributed by atoms with Crippen LogP contribution in [0.3, 0.4) is 0 Å². The van der Waals surface area contributed by atoms with Crippen molar-refractivity contribution >= 4 is 29.1 Å². The van der Waals surface area contributed by atoms with E-state index in [2.05, 4.69) is 5.32 Å². The first kappa shape index (κ1) is 9.60. The van der Waals surface area contributed by atoms with Crippen molar-refractivity contribution in [3.63, 3.8) is 0 Å². The molecule has 0 bridgehead atoms. The highest BCUT2D eigenvalue weighted by Gasteiger charge is 2.49. The van der Waals surface area contributed by atoms with Gasteiger partial charge in [0.05, 0.1) is 0 Å². The van der Waals surface area contributed by atoms with Gasteiger partial charge in [-0.15, -0.1) is 0 Å². The van der Waals surface area contributed by atoms with Crippen LogP contribution in [0.4, 0.5) is 0 Å². The van der Waals surface area contributed by atoms with Gasteiger partial charge >= 0.3 is 0 Å². The lowest BCUT2D eigenvalue weighted by molar-refractivity contribution is -0.126. The lowest BCUT2D eigenvalue weighted by atomic mass is 9.75. The Bertz CT molecular complexity index is 230. The fourth-order valence-electron chi connectivity index (χ4n) is 2.44. The second kappa shape index (κ2) is 3.32. The van der Waals surface area contributed by atoms with Gasteiger partial charge in [-0.25, -0.2) is 0 Å². The van der Waals surface area contributed by atoms with E-state index in [0.717, 1.165) is 25.8 Å². The topological polar surface area (TPSA) is 29.1 Å². The second-order valence-electron chi connectivity index (χ2n) is 3.98. The number of amides is 1. The second-order valence-corrected chi connectivity index (χ2v) is 5.37. The minimum Gasteiger partial charge on any atom is -0.353 e. The molecule has 0 radical (unpaired) electrons. The number of alkyl halides is 2. The number of fused-ring (bicyclic) bond motifs is 1. The predicted octanol–water partition coefficient (Wildman–Crippen LogP) is 2.10. The SMILES string of the molecule is O=C1NCC2CCCCC2C1(Cl)Cl. The van der Waals surface area contributed by atoms with Crippen LogP contribution in [0.15, 0.2) is 0 Å². The number of carbonyl (C=O) groups is 1. The summed E-state index contributed by atoms with van der Waals surface area (Å²) in [5.41, 5.74) is 0. The first-order valence-electron chi connectivity index (χ1n) is 4.78. The molecule has 74 valence electrons. The average molecular weight is 222 g/mol. The molecule has 2 atom stereocenters. The van der Waals surface area contributed by atoms with Gasteiger partial charge in [0.1, 0.15) is 0 Å². The summed E-state index contributed by atoms with van der Waals surface area (Å²) in [7, 11) is 0. The van der Waals surface area contributed by atoms with E-state index in [-0.39, 0.29) is 11.8 Å². The molecule has 1 amide bonds. The van der Waals surface area contributed by atoms with Gasteiger partial charge in [-0.3, -0.25) is 4.79 Å². The van der Waals surface area contributed by atoms with Crippen LogP contribution >= 0.6 is 23.2 Å². The summed E-state index contributed by atoms with van der Waals surface area (Å²) in [6.07, 6.45) is 4.52. The summed E-state index contributed by atoms with van der Waals surface area (Å²) in [6.45, 7) is 0.755. The van der Waals surface area contributed by atoms with Crippen LogP contribution in [0, 0.1) is 11.8 Å². The summed E-state index contributed by atoms with van der Waals surface area (Å²) < 4.78 is -1.18. The highest BCUT2D eigenvalue weighted by atomic mass is 35.5. The molecule has 1 N–H and O–H groups in total. The molecule has 0 aromatic rings. The van der Waals surface area contributed by atoms with Gasteiger partial charge in [-0.1, -0.05) is 36.0 Å². The van der Waals surface area contributed by atoms with E-state index >= 15 is 0 Å². The van der Waals surface area contributed by atoms with Crippen LogP contribution < -0.4 is 5.32 Å². The Balaban J connectivity index is 2.19. The number of hydrogen-bond acceptors (Lipinski definition) is 1. The molecule has 1 saturated carbocycles. The predicted molar refractivity (Wildman–Crippen MR) is 52.9 cm³/mol. The molecule has 1 saturated heterocycles. The first-order chi connectivity index (χ1) is 6.12. The quantitative estimate of drug-likeness (QED) is 0.625. The Kier molecular flexibility index (Phi) is 2.45. The highest BCUT2D eigenvalue weighted by Crippen LogP contribution is 2.45. The van der Waals surface area contributed by atoms with Gasteiger partial charge in [0.15, 0.2) is 4.33 Å². The molecule has 1 aliphatic carbocycles. The van der Waals surface area contributed by atoms with Gasteiger partial charge in [-0.2, -0.15) is 0 Å². The minimum atomic E-state index is -1.18. The fourth-order valence-corrected chi connectivity index (χ4v) is 3.15. The van der Waals surface area contributed by atoms with Crippen molar-refractivity contribution in [3.05, 3.63) is 0 Å². The Labute approximate surface area is 88.0 Å². The average Bonchev–Trinajstić information content (AvgIpc) is 2.13. The van der Waals surface area contributed by atoms with Crippen LogP contribution in [0.1, 0.15) is 25.7 Å². The van der Waals surface area contributed by atoms with Crippen LogP contribution in [0.2, 0.25) is 0 Å². The van der Waals surface area contributed by atoms with Crippen molar-refractivity contribution in [1.29, 1.82) is 0 Å². The summed E-state index contributed by atoms with van der Waals surface area (Å²) in [4.78, 5) is 11.4. The van der Waals surface area contributed by atoms with Gasteiger partial charge in [0.2, 0.25) is 0 Å². The largest absolute Gasteiger partial charge is 0.353 e. The summed E-state index contributed by atoms with van der Waals surface area (Å²) in [5, 5.41) is 2.77. The molecule has 2 rings (SSSR count). The van der Waals surface area contributed by atoms with E-state index in [1.165, 1.54) is 6.42 Å². The fraction of sp³-hybridized carbons (Fsp3) is 0.889. The molecule has 0 aromatic heterocycles. The Morgan fingerprint density at radius 3 is 2.77 bits per heavy atom. The third kappa shape index (κ3) is 1.55. The maximum atomic E-state index is 11.4. The van der Waals surface area contributed by atoms with Crippen molar-refractivity contribution in [2.24, 2.45) is 11.8 Å². The molecule has 2 aliphatic rings. The van der Waals surface area contributed by atoms with E-state index in [1.807, 2.05) is 0 Å². The third-order valence-electron chi connectivity index (χ3n) is 3.20. The van der Waals surface area contributed by atoms with E-state index in [9.17, 15) is 4.79 Å². The molecular formula is C9H13Cl2NO. The molecule has 1 aliphatic heterocycles. The van der Waals surface area contributed by atoms with E-state index < -0.39 is 4.33 Å². The van der Waals surface area contributed by atoms with E-state index in [0.29, 0.717) is 5.92 Å². The van der Waals surface area contributed by atoms with Gasteiger partial charge in [-0.05, 0) is 18.8 Å². The zero-order chi connectivity index (χ0) is 9.47.